The van der Waals surface area contributed by atoms with Crippen LogP contribution in [0.1, 0.15) is 22.3 Å². The number of sulfonamides is 1. The van der Waals surface area contributed by atoms with Gasteiger partial charge in [0.25, 0.3) is 0 Å². The van der Waals surface area contributed by atoms with Crippen LogP contribution in [0, 0.1) is 27.7 Å². The summed E-state index contributed by atoms with van der Waals surface area (Å²) < 4.78 is 33.2. The number of benzene rings is 1. The lowest BCUT2D eigenvalue weighted by Gasteiger charge is -2.34. The second-order valence-electron chi connectivity index (χ2n) is 7.50. The normalized spacial score (nSPS) is 15.2. The fourth-order valence-electron chi connectivity index (χ4n) is 3.61. The number of anilines is 1. The number of pyridine rings is 1. The van der Waals surface area contributed by atoms with E-state index in [2.05, 4.69) is 10.3 Å². The predicted octanol–water partition coefficient (Wildman–Crippen LogP) is 2.86. The monoisotopic (exact) mass is 432 g/mol. The van der Waals surface area contributed by atoms with Crippen molar-refractivity contribution in [2.24, 2.45) is 0 Å². The Balaban J connectivity index is 1.69. The Morgan fingerprint density at radius 3 is 2.13 bits per heavy atom. The van der Waals surface area contributed by atoms with Crippen molar-refractivity contribution in [3.63, 3.8) is 0 Å². The highest BCUT2D eigenvalue weighted by Gasteiger charge is 2.33. The molecule has 0 saturated carbocycles. The Morgan fingerprint density at radius 2 is 1.63 bits per heavy atom. The molecule has 2 heterocycles. The van der Waals surface area contributed by atoms with Gasteiger partial charge in [-0.25, -0.2) is 18.2 Å². The fraction of sp³-hybridized carbons (Fsp3) is 0.429. The second kappa shape index (κ2) is 8.61. The minimum atomic E-state index is -3.63. The summed E-state index contributed by atoms with van der Waals surface area (Å²) in [6.07, 6.45) is 1.52. The van der Waals surface area contributed by atoms with Gasteiger partial charge in [0.1, 0.15) is 0 Å². The van der Waals surface area contributed by atoms with Crippen LogP contribution in [0.3, 0.4) is 0 Å². The molecule has 1 fully saturated rings. The molecule has 0 bridgehead atoms. The molecule has 30 heavy (non-hydrogen) atoms. The van der Waals surface area contributed by atoms with Gasteiger partial charge in [-0.1, -0.05) is 6.07 Å². The second-order valence-corrected chi connectivity index (χ2v) is 9.37. The summed E-state index contributed by atoms with van der Waals surface area (Å²) in [5.74, 6) is 0.462. The third-order valence-corrected chi connectivity index (χ3v) is 7.79. The van der Waals surface area contributed by atoms with Gasteiger partial charge in [0, 0.05) is 32.2 Å². The largest absolute Gasteiger partial charge is 0.481 e. The quantitative estimate of drug-likeness (QED) is 0.802. The summed E-state index contributed by atoms with van der Waals surface area (Å²) in [6, 6.07) is 5.10. The first-order valence-electron chi connectivity index (χ1n) is 9.78. The van der Waals surface area contributed by atoms with Gasteiger partial charge in [0.05, 0.1) is 23.9 Å². The molecule has 1 N–H and O–H groups in total. The fourth-order valence-corrected chi connectivity index (χ4v) is 5.60. The maximum absolute atomic E-state index is 13.3. The average Bonchev–Trinajstić information content (AvgIpc) is 2.73. The van der Waals surface area contributed by atoms with Crippen LogP contribution in [-0.4, -0.2) is 61.9 Å². The van der Waals surface area contributed by atoms with Crippen molar-refractivity contribution in [2.75, 3.05) is 38.6 Å². The molecule has 2 amide bonds. The van der Waals surface area contributed by atoms with E-state index >= 15 is 0 Å². The van der Waals surface area contributed by atoms with E-state index in [-0.39, 0.29) is 19.1 Å². The van der Waals surface area contributed by atoms with E-state index in [0.717, 1.165) is 22.3 Å². The van der Waals surface area contributed by atoms with Crippen LogP contribution in [-0.2, 0) is 10.0 Å². The van der Waals surface area contributed by atoms with Crippen molar-refractivity contribution >= 4 is 21.7 Å². The predicted molar refractivity (Wildman–Crippen MR) is 116 cm³/mol. The van der Waals surface area contributed by atoms with E-state index in [4.69, 9.17) is 4.74 Å². The number of hydrogen-bond acceptors (Lipinski definition) is 5. The van der Waals surface area contributed by atoms with E-state index < -0.39 is 10.0 Å². The average molecular weight is 433 g/mol. The minimum absolute atomic E-state index is 0.252. The number of carbonyl (C=O) groups excluding carboxylic acids is 1. The van der Waals surface area contributed by atoms with Crippen LogP contribution in [0.5, 0.6) is 5.88 Å². The zero-order valence-electron chi connectivity index (χ0n) is 18.0. The number of nitrogens with zero attached hydrogens (tertiary/aromatic N) is 3. The highest BCUT2D eigenvalue weighted by molar-refractivity contribution is 7.89. The van der Waals surface area contributed by atoms with E-state index in [1.54, 1.807) is 17.0 Å². The van der Waals surface area contributed by atoms with Crippen LogP contribution in [0.15, 0.2) is 29.3 Å². The van der Waals surface area contributed by atoms with Gasteiger partial charge in [-0.2, -0.15) is 4.31 Å². The lowest BCUT2D eigenvalue weighted by atomic mass is 10.0. The molecular weight excluding hydrogens is 404 g/mol. The summed E-state index contributed by atoms with van der Waals surface area (Å²) in [6.45, 7) is 8.69. The number of methoxy groups -OCH3 is 1. The molecule has 1 aliphatic rings. The smallest absolute Gasteiger partial charge is 0.321 e. The summed E-state index contributed by atoms with van der Waals surface area (Å²) in [5.41, 5.74) is 4.04. The van der Waals surface area contributed by atoms with Gasteiger partial charge in [0.15, 0.2) is 0 Å². The number of carbonyl (C=O) groups is 1. The summed E-state index contributed by atoms with van der Waals surface area (Å²) in [5, 5.41) is 2.78. The highest BCUT2D eigenvalue weighted by atomic mass is 32.2. The number of rotatable bonds is 4. The van der Waals surface area contributed by atoms with E-state index in [9.17, 15) is 13.2 Å². The molecule has 1 aromatic heterocycles. The Kier molecular flexibility index (Phi) is 6.33. The first-order valence-corrected chi connectivity index (χ1v) is 11.2. The lowest BCUT2D eigenvalue weighted by Crippen LogP contribution is -2.51. The number of urea groups is 1. The van der Waals surface area contributed by atoms with Gasteiger partial charge in [-0.15, -0.1) is 0 Å². The molecule has 3 rings (SSSR count). The van der Waals surface area contributed by atoms with Crippen molar-refractivity contribution in [1.29, 1.82) is 0 Å². The SMILES string of the molecule is COc1ccc(NC(=O)N2CCN(S(=O)(=O)c3c(C)c(C)cc(C)c3C)CC2)cn1. The van der Waals surface area contributed by atoms with Crippen LogP contribution in [0.25, 0.3) is 0 Å². The third-order valence-electron chi connectivity index (χ3n) is 5.62. The lowest BCUT2D eigenvalue weighted by molar-refractivity contribution is 0.184. The highest BCUT2D eigenvalue weighted by Crippen LogP contribution is 2.29. The van der Waals surface area contributed by atoms with Crippen LogP contribution >= 0.6 is 0 Å². The number of aryl methyl sites for hydroxylation is 2. The number of piperazine rings is 1. The summed E-state index contributed by atoms with van der Waals surface area (Å²) >= 11 is 0. The van der Waals surface area contributed by atoms with Gasteiger partial charge in [0.2, 0.25) is 15.9 Å². The van der Waals surface area contributed by atoms with E-state index in [1.807, 2.05) is 33.8 Å². The molecule has 1 saturated heterocycles. The molecule has 8 nitrogen and oxygen atoms in total. The number of nitrogens with one attached hydrogen (secondary N) is 1. The number of hydrogen-bond donors (Lipinski definition) is 1. The van der Waals surface area contributed by atoms with Crippen molar-refractivity contribution in [2.45, 2.75) is 32.6 Å². The maximum Gasteiger partial charge on any atom is 0.321 e. The summed E-state index contributed by atoms with van der Waals surface area (Å²) in [4.78, 5) is 18.6. The number of aromatic nitrogens is 1. The van der Waals surface area contributed by atoms with Crippen LogP contribution in [0.2, 0.25) is 0 Å². The molecule has 0 atom stereocenters. The van der Waals surface area contributed by atoms with Gasteiger partial charge >= 0.3 is 6.03 Å². The molecule has 1 aromatic carbocycles. The molecule has 0 unspecified atom stereocenters. The zero-order chi connectivity index (χ0) is 22.1. The molecule has 0 radical (unpaired) electrons. The zero-order valence-corrected chi connectivity index (χ0v) is 18.8. The van der Waals surface area contributed by atoms with Gasteiger partial charge < -0.3 is 15.0 Å². The molecule has 0 spiro atoms. The van der Waals surface area contributed by atoms with Crippen molar-refractivity contribution in [1.82, 2.24) is 14.2 Å². The summed E-state index contributed by atoms with van der Waals surface area (Å²) in [7, 11) is -2.11. The van der Waals surface area contributed by atoms with Crippen LogP contribution < -0.4 is 10.1 Å². The molecule has 162 valence electrons. The third kappa shape index (κ3) is 4.27. The van der Waals surface area contributed by atoms with Crippen LogP contribution in [0.4, 0.5) is 10.5 Å². The molecule has 2 aromatic rings. The topological polar surface area (TPSA) is 91.8 Å². The van der Waals surface area contributed by atoms with Crippen molar-refractivity contribution in [3.8, 4) is 5.88 Å². The number of ether oxygens (including phenoxy) is 1. The van der Waals surface area contributed by atoms with Gasteiger partial charge in [-0.3, -0.25) is 0 Å². The molecule has 9 heteroatoms. The molecular formula is C21H28N4O4S. The van der Waals surface area contributed by atoms with E-state index in [1.165, 1.54) is 17.6 Å². The minimum Gasteiger partial charge on any atom is -0.481 e. The van der Waals surface area contributed by atoms with E-state index in [0.29, 0.717) is 29.6 Å². The Morgan fingerprint density at radius 1 is 1.03 bits per heavy atom. The van der Waals surface area contributed by atoms with Crippen molar-refractivity contribution < 1.29 is 17.9 Å². The first-order chi connectivity index (χ1) is 14.1. The standard InChI is InChI=1S/C21H28N4O4S/c1-14-12-15(2)17(4)20(16(14)3)30(27,28)25-10-8-24(9-11-25)21(26)23-18-6-7-19(29-5)22-13-18/h6-7,12-13H,8-11H2,1-5H3,(H,23,26). The first kappa shape index (κ1) is 22.0. The maximum atomic E-state index is 13.3. The number of amides is 2. The molecule has 1 aliphatic heterocycles. The van der Waals surface area contributed by atoms with Gasteiger partial charge in [-0.05, 0) is 56.0 Å². The Hall–Kier alpha value is -2.65. The Labute approximate surface area is 177 Å². The molecule has 0 aliphatic carbocycles. The Bertz CT molecular complexity index is 1020. The van der Waals surface area contributed by atoms with Crippen molar-refractivity contribution in [3.05, 3.63) is 46.6 Å².